The van der Waals surface area contributed by atoms with Crippen LogP contribution in [-0.4, -0.2) is 36.5 Å². The molecule has 19 heavy (non-hydrogen) atoms. The van der Waals surface area contributed by atoms with Crippen molar-refractivity contribution in [1.82, 2.24) is 10.2 Å². The largest absolute Gasteiger partial charge is 0.334 e. The van der Waals surface area contributed by atoms with E-state index in [0.29, 0.717) is 16.6 Å². The van der Waals surface area contributed by atoms with Crippen LogP contribution in [-0.2, 0) is 0 Å². The van der Waals surface area contributed by atoms with Crippen molar-refractivity contribution < 1.29 is 4.79 Å². The van der Waals surface area contributed by atoms with Gasteiger partial charge in [0.15, 0.2) is 0 Å². The lowest BCUT2D eigenvalue weighted by atomic mass is 10.1. The molecule has 1 amide bonds. The maximum Gasteiger partial charge on any atom is 0.254 e. The molecule has 1 fully saturated rings. The number of rotatable bonds is 4. The van der Waals surface area contributed by atoms with E-state index in [0.717, 1.165) is 32.5 Å². The minimum absolute atomic E-state index is 0. The predicted molar refractivity (Wildman–Crippen MR) is 81.3 cm³/mol. The normalized spacial score (nSPS) is 17.9. The molecule has 1 aromatic rings. The second kappa shape index (κ2) is 7.73. The van der Waals surface area contributed by atoms with Gasteiger partial charge in [0.25, 0.3) is 5.91 Å². The molecule has 3 nitrogen and oxygen atoms in total. The van der Waals surface area contributed by atoms with E-state index in [1.807, 2.05) is 17.0 Å². The molecular weight excluding hydrogens is 283 g/mol. The molecule has 1 aromatic carbocycles. The molecule has 1 unspecified atom stereocenters. The maximum absolute atomic E-state index is 12.5. The van der Waals surface area contributed by atoms with Crippen LogP contribution in [0.4, 0.5) is 0 Å². The van der Waals surface area contributed by atoms with Gasteiger partial charge in [-0.25, -0.2) is 0 Å². The van der Waals surface area contributed by atoms with Crippen molar-refractivity contribution >= 4 is 29.9 Å². The Morgan fingerprint density at radius 1 is 1.53 bits per heavy atom. The van der Waals surface area contributed by atoms with Crippen molar-refractivity contribution in [2.75, 3.05) is 19.6 Å². The lowest BCUT2D eigenvalue weighted by Gasteiger charge is -2.28. The van der Waals surface area contributed by atoms with E-state index in [4.69, 9.17) is 11.6 Å². The Morgan fingerprint density at radius 2 is 2.32 bits per heavy atom. The average Bonchev–Trinajstić information content (AvgIpc) is 2.89. The van der Waals surface area contributed by atoms with Crippen LogP contribution < -0.4 is 5.32 Å². The van der Waals surface area contributed by atoms with Crippen LogP contribution in [0, 0.1) is 0 Å². The number of carbonyl (C=O) groups excluding carboxylic acids is 1. The monoisotopic (exact) mass is 302 g/mol. The Morgan fingerprint density at radius 3 is 2.89 bits per heavy atom. The molecule has 0 spiro atoms. The summed E-state index contributed by atoms with van der Waals surface area (Å²) >= 11 is 5.95. The molecule has 0 bridgehead atoms. The number of carbonyl (C=O) groups is 1. The van der Waals surface area contributed by atoms with Crippen LogP contribution in [0.25, 0.3) is 0 Å². The van der Waals surface area contributed by atoms with Crippen molar-refractivity contribution in [2.24, 2.45) is 0 Å². The molecule has 106 valence electrons. The van der Waals surface area contributed by atoms with Gasteiger partial charge in [-0.15, -0.1) is 12.4 Å². The van der Waals surface area contributed by atoms with Crippen LogP contribution in [0.15, 0.2) is 24.3 Å². The van der Waals surface area contributed by atoms with E-state index in [2.05, 4.69) is 12.2 Å². The Bertz CT molecular complexity index is 420. The highest BCUT2D eigenvalue weighted by atomic mass is 35.5. The summed E-state index contributed by atoms with van der Waals surface area (Å²) in [4.78, 5) is 14.5. The summed E-state index contributed by atoms with van der Waals surface area (Å²) in [6.07, 6.45) is 2.01. The number of benzene rings is 1. The zero-order valence-corrected chi connectivity index (χ0v) is 12.6. The summed E-state index contributed by atoms with van der Waals surface area (Å²) in [5.74, 6) is 0.0908. The van der Waals surface area contributed by atoms with Crippen molar-refractivity contribution in [3.8, 4) is 0 Å². The minimum Gasteiger partial charge on any atom is -0.334 e. The molecular formula is C14H20Cl2N2O. The third kappa shape index (κ3) is 4.10. The first-order valence-corrected chi connectivity index (χ1v) is 6.87. The fourth-order valence-corrected chi connectivity index (χ4v) is 2.57. The van der Waals surface area contributed by atoms with Gasteiger partial charge in [0.05, 0.1) is 0 Å². The molecule has 1 aliphatic heterocycles. The standard InChI is InChI=1S/C14H19ClN2O.ClH/c1-2-8-17(13-6-7-16-10-13)14(18)11-4-3-5-12(15)9-11;/h3-5,9,13,16H,2,6-8,10H2,1H3;1H. The predicted octanol–water partition coefficient (Wildman–Crippen LogP) is 2.98. The summed E-state index contributed by atoms with van der Waals surface area (Å²) in [5, 5.41) is 3.92. The van der Waals surface area contributed by atoms with Gasteiger partial charge in [0, 0.05) is 29.7 Å². The van der Waals surface area contributed by atoms with Gasteiger partial charge in [-0.3, -0.25) is 4.79 Å². The van der Waals surface area contributed by atoms with Crippen molar-refractivity contribution in [3.05, 3.63) is 34.9 Å². The van der Waals surface area contributed by atoms with Gasteiger partial charge < -0.3 is 10.2 Å². The highest BCUT2D eigenvalue weighted by molar-refractivity contribution is 6.30. The summed E-state index contributed by atoms with van der Waals surface area (Å²) in [6, 6.07) is 7.51. The van der Waals surface area contributed by atoms with E-state index in [-0.39, 0.29) is 18.3 Å². The molecule has 1 saturated heterocycles. The van der Waals surface area contributed by atoms with Crippen LogP contribution in [0.1, 0.15) is 30.1 Å². The highest BCUT2D eigenvalue weighted by Crippen LogP contribution is 2.17. The van der Waals surface area contributed by atoms with Crippen LogP contribution in [0.5, 0.6) is 0 Å². The summed E-state index contributed by atoms with van der Waals surface area (Å²) in [7, 11) is 0. The lowest BCUT2D eigenvalue weighted by Crippen LogP contribution is -2.42. The number of hydrogen-bond donors (Lipinski definition) is 1. The second-order valence-corrected chi connectivity index (χ2v) is 5.09. The number of halogens is 2. The molecule has 1 heterocycles. The molecule has 0 saturated carbocycles. The van der Waals surface area contributed by atoms with Crippen LogP contribution >= 0.6 is 24.0 Å². The summed E-state index contributed by atoms with van der Waals surface area (Å²) in [5.41, 5.74) is 0.683. The third-order valence-electron chi connectivity index (χ3n) is 3.27. The third-order valence-corrected chi connectivity index (χ3v) is 3.51. The van der Waals surface area contributed by atoms with Gasteiger partial charge in [-0.1, -0.05) is 24.6 Å². The first-order chi connectivity index (χ1) is 8.72. The Balaban J connectivity index is 0.00000180. The first kappa shape index (κ1) is 16.3. The van der Waals surface area contributed by atoms with E-state index in [9.17, 15) is 4.79 Å². The molecule has 5 heteroatoms. The van der Waals surface area contributed by atoms with E-state index < -0.39 is 0 Å². The number of nitrogens with one attached hydrogen (secondary N) is 1. The van der Waals surface area contributed by atoms with Crippen LogP contribution in [0.3, 0.4) is 0 Å². The van der Waals surface area contributed by atoms with Gasteiger partial charge in [0.2, 0.25) is 0 Å². The van der Waals surface area contributed by atoms with E-state index in [1.165, 1.54) is 0 Å². The van der Waals surface area contributed by atoms with Crippen molar-refractivity contribution in [3.63, 3.8) is 0 Å². The number of amides is 1. The van der Waals surface area contributed by atoms with Crippen molar-refractivity contribution in [1.29, 1.82) is 0 Å². The fraction of sp³-hybridized carbons (Fsp3) is 0.500. The molecule has 0 aromatic heterocycles. The number of hydrogen-bond acceptors (Lipinski definition) is 2. The quantitative estimate of drug-likeness (QED) is 0.927. The fourth-order valence-electron chi connectivity index (χ4n) is 2.38. The first-order valence-electron chi connectivity index (χ1n) is 6.49. The molecule has 1 atom stereocenters. The lowest BCUT2D eigenvalue weighted by molar-refractivity contribution is 0.0692. The van der Waals surface area contributed by atoms with Crippen LogP contribution in [0.2, 0.25) is 5.02 Å². The zero-order valence-electron chi connectivity index (χ0n) is 11.1. The average molecular weight is 303 g/mol. The summed E-state index contributed by atoms with van der Waals surface area (Å²) in [6.45, 7) is 4.79. The van der Waals surface area contributed by atoms with Gasteiger partial charge in [-0.2, -0.15) is 0 Å². The topological polar surface area (TPSA) is 32.3 Å². The maximum atomic E-state index is 12.5. The molecule has 1 aliphatic rings. The summed E-state index contributed by atoms with van der Waals surface area (Å²) < 4.78 is 0. The van der Waals surface area contributed by atoms with Crippen molar-refractivity contribution in [2.45, 2.75) is 25.8 Å². The van der Waals surface area contributed by atoms with E-state index in [1.54, 1.807) is 12.1 Å². The Hall–Kier alpha value is -0.770. The molecule has 2 rings (SSSR count). The Labute approximate surface area is 125 Å². The SMILES string of the molecule is CCCN(C(=O)c1cccc(Cl)c1)C1CCNC1.Cl. The van der Waals surface area contributed by atoms with Gasteiger partial charge >= 0.3 is 0 Å². The minimum atomic E-state index is 0. The van der Waals surface area contributed by atoms with Gasteiger partial charge in [-0.05, 0) is 37.6 Å². The van der Waals surface area contributed by atoms with Gasteiger partial charge in [0.1, 0.15) is 0 Å². The highest BCUT2D eigenvalue weighted by Gasteiger charge is 2.26. The zero-order chi connectivity index (χ0) is 13.0. The van der Waals surface area contributed by atoms with E-state index >= 15 is 0 Å². The second-order valence-electron chi connectivity index (χ2n) is 4.66. The number of nitrogens with zero attached hydrogens (tertiary/aromatic N) is 1. The smallest absolute Gasteiger partial charge is 0.254 e. The molecule has 1 N–H and O–H groups in total. The molecule has 0 aliphatic carbocycles. The molecule has 0 radical (unpaired) electrons. The Kier molecular flexibility index (Phi) is 6.63.